The third kappa shape index (κ3) is 1.97. The van der Waals surface area contributed by atoms with Crippen molar-refractivity contribution >= 4 is 0 Å². The summed E-state index contributed by atoms with van der Waals surface area (Å²) >= 11 is 0. The molecule has 0 amide bonds. The summed E-state index contributed by atoms with van der Waals surface area (Å²) in [5, 5.41) is 0. The summed E-state index contributed by atoms with van der Waals surface area (Å²) in [6.07, 6.45) is 9.77. The maximum Gasteiger partial charge on any atom is 0.00888 e. The second-order valence-electron chi connectivity index (χ2n) is 3.60. The summed E-state index contributed by atoms with van der Waals surface area (Å²) in [5.41, 5.74) is 5.89. The van der Waals surface area contributed by atoms with Gasteiger partial charge in [0.25, 0.3) is 0 Å². The summed E-state index contributed by atoms with van der Waals surface area (Å²) in [5.74, 6) is 4.17. The van der Waals surface area contributed by atoms with Crippen molar-refractivity contribution in [3.05, 3.63) is 0 Å². The molecule has 1 rings (SSSR count). The minimum atomic E-state index is 0.428. The Kier molecular flexibility index (Phi) is 2.96. The molecule has 0 spiro atoms. The molecule has 0 radical (unpaired) electrons. The van der Waals surface area contributed by atoms with Crippen LogP contribution in [0.25, 0.3) is 0 Å². The predicted octanol–water partition coefficient (Wildman–Crippen LogP) is 1.77. The maximum absolute atomic E-state index is 5.89. The van der Waals surface area contributed by atoms with Crippen LogP contribution in [0.3, 0.4) is 0 Å². The molecule has 1 saturated carbocycles. The predicted molar refractivity (Wildman–Crippen MR) is 47.9 cm³/mol. The molecule has 0 aromatic rings. The van der Waals surface area contributed by atoms with Gasteiger partial charge >= 0.3 is 0 Å². The smallest absolute Gasteiger partial charge is 0.00888 e. The van der Waals surface area contributed by atoms with Crippen molar-refractivity contribution in [1.82, 2.24) is 0 Å². The number of hydrogen-bond acceptors (Lipinski definition) is 1. The quantitative estimate of drug-likeness (QED) is 0.598. The van der Waals surface area contributed by atoms with Crippen LogP contribution in [0, 0.1) is 24.2 Å². The molecule has 1 aliphatic rings. The number of rotatable bonds is 2. The van der Waals surface area contributed by atoms with E-state index in [1.54, 1.807) is 0 Å². The fourth-order valence-electron chi connectivity index (χ4n) is 1.96. The third-order valence-corrected chi connectivity index (χ3v) is 2.95. The highest BCUT2D eigenvalue weighted by Crippen LogP contribution is 2.33. The summed E-state index contributed by atoms with van der Waals surface area (Å²) in [4.78, 5) is 0. The molecule has 0 heterocycles. The molecule has 0 aromatic heterocycles. The first-order chi connectivity index (χ1) is 5.25. The van der Waals surface area contributed by atoms with Crippen LogP contribution in [-0.4, -0.2) is 6.04 Å². The molecule has 11 heavy (non-hydrogen) atoms. The van der Waals surface area contributed by atoms with Crippen LogP contribution < -0.4 is 5.73 Å². The van der Waals surface area contributed by atoms with Gasteiger partial charge in [0.05, 0.1) is 0 Å². The summed E-state index contributed by atoms with van der Waals surface area (Å²) in [6, 6.07) is 0.428. The normalized spacial score (nSPS) is 37.0. The zero-order chi connectivity index (χ0) is 8.27. The Balaban J connectivity index is 2.31. The van der Waals surface area contributed by atoms with Gasteiger partial charge in [-0.25, -0.2) is 0 Å². The van der Waals surface area contributed by atoms with E-state index in [-0.39, 0.29) is 0 Å². The Labute approximate surface area is 69.4 Å². The maximum atomic E-state index is 5.89. The molecule has 2 N–H and O–H groups in total. The first-order valence-corrected chi connectivity index (χ1v) is 4.44. The summed E-state index contributed by atoms with van der Waals surface area (Å²) in [7, 11) is 0. The van der Waals surface area contributed by atoms with E-state index in [1.165, 1.54) is 19.3 Å². The van der Waals surface area contributed by atoms with Crippen molar-refractivity contribution in [3.63, 3.8) is 0 Å². The lowest BCUT2D eigenvalue weighted by Crippen LogP contribution is -2.24. The van der Waals surface area contributed by atoms with Crippen molar-refractivity contribution in [2.75, 3.05) is 0 Å². The summed E-state index contributed by atoms with van der Waals surface area (Å²) in [6.45, 7) is 2.25. The fourth-order valence-corrected chi connectivity index (χ4v) is 1.96. The Morgan fingerprint density at radius 2 is 2.27 bits per heavy atom. The SMILES string of the molecule is C#CCCC1CCC(N)C1C. The number of nitrogens with two attached hydrogens (primary N) is 1. The van der Waals surface area contributed by atoms with Crippen molar-refractivity contribution in [2.24, 2.45) is 17.6 Å². The molecule has 3 unspecified atom stereocenters. The zero-order valence-electron chi connectivity index (χ0n) is 7.22. The Hall–Kier alpha value is -0.480. The molecule has 1 fully saturated rings. The van der Waals surface area contributed by atoms with Crippen molar-refractivity contribution in [1.29, 1.82) is 0 Å². The van der Waals surface area contributed by atoms with Gasteiger partial charge in [0.15, 0.2) is 0 Å². The largest absolute Gasteiger partial charge is 0.327 e. The fraction of sp³-hybridized carbons (Fsp3) is 0.800. The van der Waals surface area contributed by atoms with E-state index in [9.17, 15) is 0 Å². The van der Waals surface area contributed by atoms with Gasteiger partial charge in [-0.15, -0.1) is 12.3 Å². The molecule has 1 heteroatoms. The van der Waals surface area contributed by atoms with Crippen molar-refractivity contribution < 1.29 is 0 Å². The van der Waals surface area contributed by atoms with Gasteiger partial charge in [0.1, 0.15) is 0 Å². The zero-order valence-corrected chi connectivity index (χ0v) is 7.22. The molecule has 0 saturated heterocycles. The molecule has 0 aliphatic heterocycles. The first-order valence-electron chi connectivity index (χ1n) is 4.44. The molecule has 1 nitrogen and oxygen atoms in total. The average Bonchev–Trinajstić information content (AvgIpc) is 2.31. The topological polar surface area (TPSA) is 26.0 Å². The highest BCUT2D eigenvalue weighted by molar-refractivity contribution is 4.89. The lowest BCUT2D eigenvalue weighted by Gasteiger charge is -2.16. The monoisotopic (exact) mass is 151 g/mol. The second-order valence-corrected chi connectivity index (χ2v) is 3.60. The lowest BCUT2D eigenvalue weighted by atomic mass is 9.92. The van der Waals surface area contributed by atoms with Gasteiger partial charge in [-0.1, -0.05) is 6.92 Å². The van der Waals surface area contributed by atoms with Crippen LogP contribution >= 0.6 is 0 Å². The van der Waals surface area contributed by atoms with Gasteiger partial charge in [0, 0.05) is 12.5 Å². The van der Waals surface area contributed by atoms with Gasteiger partial charge in [-0.2, -0.15) is 0 Å². The van der Waals surface area contributed by atoms with Crippen LogP contribution in [0.2, 0.25) is 0 Å². The van der Waals surface area contributed by atoms with Gasteiger partial charge in [-0.05, 0) is 31.1 Å². The first kappa shape index (κ1) is 8.62. The standard InChI is InChI=1S/C10H17N/c1-3-4-5-9-6-7-10(11)8(9)2/h1,8-10H,4-7,11H2,2H3. The van der Waals surface area contributed by atoms with Crippen molar-refractivity contribution in [2.45, 2.75) is 38.6 Å². The lowest BCUT2D eigenvalue weighted by molar-refractivity contribution is 0.374. The third-order valence-electron chi connectivity index (χ3n) is 2.95. The van der Waals surface area contributed by atoms with Crippen LogP contribution in [0.1, 0.15) is 32.6 Å². The molecule has 1 aliphatic carbocycles. The van der Waals surface area contributed by atoms with E-state index < -0.39 is 0 Å². The van der Waals surface area contributed by atoms with E-state index in [2.05, 4.69) is 12.8 Å². The van der Waals surface area contributed by atoms with E-state index in [0.717, 1.165) is 12.3 Å². The Morgan fingerprint density at radius 1 is 1.55 bits per heavy atom. The van der Waals surface area contributed by atoms with Crippen LogP contribution in [-0.2, 0) is 0 Å². The van der Waals surface area contributed by atoms with Crippen LogP contribution in [0.4, 0.5) is 0 Å². The Bertz CT molecular complexity index is 157. The number of terminal acetylenes is 1. The molecular weight excluding hydrogens is 134 g/mol. The van der Waals surface area contributed by atoms with E-state index in [1.807, 2.05) is 0 Å². The van der Waals surface area contributed by atoms with E-state index in [4.69, 9.17) is 12.2 Å². The Morgan fingerprint density at radius 3 is 2.73 bits per heavy atom. The molecule has 3 atom stereocenters. The second kappa shape index (κ2) is 3.78. The molecular formula is C10H17N. The average molecular weight is 151 g/mol. The van der Waals surface area contributed by atoms with Gasteiger partial charge in [-0.3, -0.25) is 0 Å². The highest BCUT2D eigenvalue weighted by atomic mass is 14.7. The number of hydrogen-bond donors (Lipinski definition) is 1. The van der Waals surface area contributed by atoms with E-state index in [0.29, 0.717) is 12.0 Å². The van der Waals surface area contributed by atoms with Crippen LogP contribution in [0.5, 0.6) is 0 Å². The molecule has 0 aromatic carbocycles. The molecule has 0 bridgehead atoms. The van der Waals surface area contributed by atoms with Gasteiger partial charge < -0.3 is 5.73 Å². The highest BCUT2D eigenvalue weighted by Gasteiger charge is 2.29. The van der Waals surface area contributed by atoms with E-state index >= 15 is 0 Å². The minimum absolute atomic E-state index is 0.428. The summed E-state index contributed by atoms with van der Waals surface area (Å²) < 4.78 is 0. The van der Waals surface area contributed by atoms with Crippen LogP contribution in [0.15, 0.2) is 0 Å². The van der Waals surface area contributed by atoms with Crippen molar-refractivity contribution in [3.8, 4) is 12.3 Å². The minimum Gasteiger partial charge on any atom is -0.327 e. The molecule has 62 valence electrons. The van der Waals surface area contributed by atoms with Gasteiger partial charge in [0.2, 0.25) is 0 Å².